The summed E-state index contributed by atoms with van der Waals surface area (Å²) < 4.78 is 17.1. The molecule has 0 spiro atoms. The van der Waals surface area contributed by atoms with E-state index in [1.165, 1.54) is 11.1 Å². The van der Waals surface area contributed by atoms with Gasteiger partial charge in [-0.25, -0.2) is 9.59 Å². The molecule has 1 unspecified atom stereocenters. The molecular formula is C29H39NO5. The molecule has 2 saturated heterocycles. The molecule has 2 fully saturated rings. The lowest BCUT2D eigenvalue weighted by Crippen LogP contribution is -2.30. The maximum absolute atomic E-state index is 12.4. The summed E-state index contributed by atoms with van der Waals surface area (Å²) in [4.78, 5) is 24.5. The normalized spacial score (nSPS) is 30.4. The molecule has 6 heteroatoms. The predicted octanol–water partition coefficient (Wildman–Crippen LogP) is 5.47. The molecule has 190 valence electrons. The molecule has 0 bridgehead atoms. The van der Waals surface area contributed by atoms with Crippen LogP contribution in [0.4, 0.5) is 4.79 Å². The maximum Gasteiger partial charge on any atom is 0.407 e. The first kappa shape index (κ1) is 25.5. The topological polar surface area (TPSA) is 77.2 Å². The van der Waals surface area contributed by atoms with Crippen LogP contribution in [0.15, 0.2) is 48.1 Å². The van der Waals surface area contributed by atoms with Gasteiger partial charge in [-0.1, -0.05) is 57.7 Å². The molecule has 2 aliphatic heterocycles. The van der Waals surface area contributed by atoms with E-state index in [0.717, 1.165) is 37.7 Å². The van der Waals surface area contributed by atoms with Crippen molar-refractivity contribution in [3.8, 4) is 0 Å². The van der Waals surface area contributed by atoms with Crippen LogP contribution in [0.5, 0.6) is 0 Å². The highest BCUT2D eigenvalue weighted by Gasteiger charge is 2.61. The van der Waals surface area contributed by atoms with E-state index in [1.807, 2.05) is 0 Å². The fourth-order valence-corrected chi connectivity index (χ4v) is 5.27. The van der Waals surface area contributed by atoms with Gasteiger partial charge in [0.2, 0.25) is 0 Å². The van der Waals surface area contributed by atoms with Gasteiger partial charge >= 0.3 is 12.1 Å². The highest BCUT2D eigenvalue weighted by atomic mass is 16.6. The second-order valence-corrected chi connectivity index (χ2v) is 11.0. The van der Waals surface area contributed by atoms with Gasteiger partial charge in [0.15, 0.2) is 0 Å². The van der Waals surface area contributed by atoms with Gasteiger partial charge in [-0.05, 0) is 67.6 Å². The Hall–Kier alpha value is -2.60. The third-order valence-corrected chi connectivity index (χ3v) is 7.57. The van der Waals surface area contributed by atoms with Crippen LogP contribution in [0.1, 0.15) is 70.4 Å². The quantitative estimate of drug-likeness (QED) is 0.242. The van der Waals surface area contributed by atoms with E-state index in [9.17, 15) is 9.59 Å². The number of rotatable bonds is 7. The maximum atomic E-state index is 12.4. The molecule has 6 nitrogen and oxygen atoms in total. The van der Waals surface area contributed by atoms with E-state index in [4.69, 9.17) is 14.2 Å². The minimum atomic E-state index is -0.412. The lowest BCUT2D eigenvalue weighted by Gasteiger charge is -2.20. The first-order chi connectivity index (χ1) is 16.7. The zero-order valence-corrected chi connectivity index (χ0v) is 21.5. The second kappa shape index (κ2) is 10.6. The SMILES string of the molecule is C=C1C(=O)O[C@H]2[C@H]1CC/C(COC(=O)NCC(C)c1ccc(CC(C)C)cc1)=C\CC[C@@]1(C)O[C@@H]21. The summed E-state index contributed by atoms with van der Waals surface area (Å²) in [6, 6.07) is 8.64. The number of allylic oxidation sites excluding steroid dienone is 1. The number of fused-ring (bicyclic) bond motifs is 3. The van der Waals surface area contributed by atoms with Crippen molar-refractivity contribution in [2.45, 2.75) is 83.5 Å². The minimum absolute atomic E-state index is 0.0546. The summed E-state index contributed by atoms with van der Waals surface area (Å²) in [6.07, 6.45) is 5.63. The fraction of sp³-hybridized carbons (Fsp3) is 0.586. The van der Waals surface area contributed by atoms with Crippen molar-refractivity contribution in [3.05, 3.63) is 59.2 Å². The fourth-order valence-electron chi connectivity index (χ4n) is 5.27. The van der Waals surface area contributed by atoms with Crippen molar-refractivity contribution < 1.29 is 23.8 Å². The Balaban J connectivity index is 1.26. The van der Waals surface area contributed by atoms with Crippen LogP contribution >= 0.6 is 0 Å². The summed E-state index contributed by atoms with van der Waals surface area (Å²) >= 11 is 0. The number of epoxide rings is 1. The molecule has 1 aliphatic carbocycles. The van der Waals surface area contributed by atoms with Crippen LogP contribution in [0, 0.1) is 11.8 Å². The molecular weight excluding hydrogens is 442 g/mol. The third kappa shape index (κ3) is 6.16. The van der Waals surface area contributed by atoms with Gasteiger partial charge in [0, 0.05) is 18.0 Å². The van der Waals surface area contributed by atoms with Gasteiger partial charge in [-0.3, -0.25) is 0 Å². The number of esters is 1. The van der Waals surface area contributed by atoms with Crippen LogP contribution in [-0.4, -0.2) is 43.0 Å². The summed E-state index contributed by atoms with van der Waals surface area (Å²) in [7, 11) is 0. The van der Waals surface area contributed by atoms with Crippen LogP contribution in [0.2, 0.25) is 0 Å². The van der Waals surface area contributed by atoms with Crippen LogP contribution in [0.3, 0.4) is 0 Å². The predicted molar refractivity (Wildman–Crippen MR) is 135 cm³/mol. The van der Waals surface area contributed by atoms with Gasteiger partial charge in [0.25, 0.3) is 0 Å². The molecule has 5 atom stereocenters. The molecule has 0 aromatic heterocycles. The van der Waals surface area contributed by atoms with E-state index < -0.39 is 6.09 Å². The molecule has 4 rings (SSSR count). The lowest BCUT2D eigenvalue weighted by molar-refractivity contribution is -0.140. The Labute approximate surface area is 209 Å². The first-order valence-corrected chi connectivity index (χ1v) is 12.9. The number of carbonyl (C=O) groups is 2. The average Bonchev–Trinajstić information content (AvgIpc) is 3.41. The van der Waals surface area contributed by atoms with Crippen LogP contribution in [0.25, 0.3) is 0 Å². The van der Waals surface area contributed by atoms with Gasteiger partial charge in [0.05, 0.1) is 5.60 Å². The molecule has 1 amide bonds. The highest BCUT2D eigenvalue weighted by molar-refractivity contribution is 5.91. The van der Waals surface area contributed by atoms with Crippen molar-refractivity contribution in [2.75, 3.05) is 13.2 Å². The number of carbonyl (C=O) groups excluding carboxylic acids is 2. The molecule has 1 aromatic carbocycles. The summed E-state index contributed by atoms with van der Waals surface area (Å²) in [6.45, 7) is 13.3. The number of amides is 1. The molecule has 1 N–H and O–H groups in total. The molecule has 0 radical (unpaired) electrons. The van der Waals surface area contributed by atoms with Crippen molar-refractivity contribution in [3.63, 3.8) is 0 Å². The Morgan fingerprint density at radius 3 is 2.71 bits per heavy atom. The van der Waals surface area contributed by atoms with Crippen molar-refractivity contribution in [1.29, 1.82) is 0 Å². The molecule has 1 aromatic rings. The smallest absolute Gasteiger partial charge is 0.407 e. The van der Waals surface area contributed by atoms with Gasteiger partial charge < -0.3 is 19.5 Å². The summed E-state index contributed by atoms with van der Waals surface area (Å²) in [5, 5.41) is 2.90. The number of hydrogen-bond acceptors (Lipinski definition) is 5. The molecule has 35 heavy (non-hydrogen) atoms. The number of nitrogens with one attached hydrogen (secondary N) is 1. The van der Waals surface area contributed by atoms with Crippen molar-refractivity contribution in [1.82, 2.24) is 5.32 Å². The number of ether oxygens (including phenoxy) is 3. The Morgan fingerprint density at radius 2 is 2.00 bits per heavy atom. The molecule has 2 heterocycles. The number of hydrogen-bond donors (Lipinski definition) is 1. The standard InChI is InChI=1S/C29H39NO5/c1-18(2)15-21-8-11-23(12-9-21)19(3)16-30-28(32)33-17-22-7-6-14-29(5)26(35-29)25-24(13-10-22)20(4)27(31)34-25/h7-9,11-12,18-19,24-26H,4,6,10,13-17H2,1-3,5H3,(H,30,32)/b22-7+/t19?,24-,25-,26-,29+/m0/s1. The van der Waals surface area contributed by atoms with E-state index in [2.05, 4.69) is 69.9 Å². The van der Waals surface area contributed by atoms with E-state index in [0.29, 0.717) is 18.0 Å². The largest absolute Gasteiger partial charge is 0.455 e. The average molecular weight is 482 g/mol. The lowest BCUT2D eigenvalue weighted by atomic mass is 9.84. The van der Waals surface area contributed by atoms with Crippen LogP contribution in [-0.2, 0) is 25.4 Å². The zero-order valence-electron chi connectivity index (χ0n) is 21.5. The van der Waals surface area contributed by atoms with Gasteiger partial charge in [-0.2, -0.15) is 0 Å². The summed E-state index contributed by atoms with van der Waals surface area (Å²) in [5.74, 6) is 0.450. The Morgan fingerprint density at radius 1 is 1.26 bits per heavy atom. The van der Waals surface area contributed by atoms with E-state index in [-0.39, 0.29) is 42.2 Å². The Bertz CT molecular complexity index is 981. The van der Waals surface area contributed by atoms with E-state index in [1.54, 1.807) is 0 Å². The van der Waals surface area contributed by atoms with E-state index >= 15 is 0 Å². The summed E-state index contributed by atoms with van der Waals surface area (Å²) in [5.41, 5.74) is 3.85. The van der Waals surface area contributed by atoms with Crippen LogP contribution < -0.4 is 5.32 Å². The third-order valence-electron chi connectivity index (χ3n) is 7.57. The molecule has 3 aliphatic rings. The number of benzene rings is 1. The van der Waals surface area contributed by atoms with Crippen molar-refractivity contribution in [2.24, 2.45) is 11.8 Å². The first-order valence-electron chi connectivity index (χ1n) is 12.9. The number of alkyl carbamates (subject to hydrolysis) is 1. The molecule has 0 saturated carbocycles. The van der Waals surface area contributed by atoms with Gasteiger partial charge in [-0.15, -0.1) is 0 Å². The minimum Gasteiger partial charge on any atom is -0.455 e. The second-order valence-electron chi connectivity index (χ2n) is 11.0. The van der Waals surface area contributed by atoms with Gasteiger partial charge in [0.1, 0.15) is 18.8 Å². The highest BCUT2D eigenvalue weighted by Crippen LogP contribution is 2.49. The Kier molecular flexibility index (Phi) is 7.70. The van der Waals surface area contributed by atoms with Crippen molar-refractivity contribution >= 4 is 12.1 Å². The zero-order chi connectivity index (χ0) is 25.2. The monoisotopic (exact) mass is 481 g/mol.